The van der Waals surface area contributed by atoms with Crippen molar-refractivity contribution in [1.29, 1.82) is 0 Å². The van der Waals surface area contributed by atoms with Crippen molar-refractivity contribution in [3.63, 3.8) is 0 Å². The highest BCUT2D eigenvalue weighted by atomic mass is 16.2. The maximum Gasteiger partial charge on any atom is 0.229 e. The van der Waals surface area contributed by atoms with Gasteiger partial charge in [0.1, 0.15) is 0 Å². The second-order valence-corrected chi connectivity index (χ2v) is 9.51. The molecule has 2 aliphatic heterocycles. The second-order valence-electron chi connectivity index (χ2n) is 9.51. The number of nitrogens with one attached hydrogen (secondary N) is 1. The molecule has 1 aliphatic carbocycles. The van der Waals surface area contributed by atoms with Crippen LogP contribution in [-0.2, 0) is 11.2 Å². The van der Waals surface area contributed by atoms with Gasteiger partial charge >= 0.3 is 0 Å². The normalized spacial score (nSPS) is 23.7. The highest BCUT2D eigenvalue weighted by Crippen LogP contribution is 2.46. The summed E-state index contributed by atoms with van der Waals surface area (Å²) in [5, 5.41) is 3.44. The van der Waals surface area contributed by atoms with Gasteiger partial charge in [-0.3, -0.25) is 4.79 Å². The minimum absolute atomic E-state index is 0.0306. The Hall–Kier alpha value is -2.59. The van der Waals surface area contributed by atoms with Crippen molar-refractivity contribution >= 4 is 5.91 Å². The summed E-state index contributed by atoms with van der Waals surface area (Å²) >= 11 is 0. The van der Waals surface area contributed by atoms with Crippen molar-refractivity contribution in [2.24, 2.45) is 5.92 Å². The van der Waals surface area contributed by atoms with Crippen LogP contribution in [-0.4, -0.2) is 47.9 Å². The Balaban J connectivity index is 1.51. The molecule has 176 valence electrons. The fourth-order valence-electron chi connectivity index (χ4n) is 5.23. The average molecular weight is 446 g/mol. The molecule has 3 atom stereocenters. The first-order valence-corrected chi connectivity index (χ1v) is 12.7. The van der Waals surface area contributed by atoms with Gasteiger partial charge in [0.25, 0.3) is 0 Å². The molecule has 0 spiro atoms. The molecule has 1 aromatic carbocycles. The Bertz CT molecular complexity index is 923. The van der Waals surface area contributed by atoms with E-state index in [1.807, 2.05) is 6.08 Å². The molecule has 4 rings (SSSR count). The monoisotopic (exact) mass is 445 g/mol. The quantitative estimate of drug-likeness (QED) is 0.324. The molecule has 2 saturated heterocycles. The highest BCUT2D eigenvalue weighted by molar-refractivity contribution is 5.81. The third-order valence-corrected chi connectivity index (χ3v) is 7.24. The van der Waals surface area contributed by atoms with Crippen LogP contribution in [0.25, 0.3) is 0 Å². The standard InChI is InChI=1S/C29H39N3O/c1-4-17-30-21-27-22(3)32(27)28(26-12-10-11-23(5-2)20-26)24-13-15-25(16-14-24)29(33)31-18-8-6-7-9-19-31/h4,10-15,20,25,27-28,30H,1,3,5-9,16-19,21H2,2H3. The molecule has 2 fully saturated rings. The highest BCUT2D eigenvalue weighted by Gasteiger charge is 2.45. The molecule has 4 heteroatoms. The Labute approximate surface area is 199 Å². The van der Waals surface area contributed by atoms with E-state index >= 15 is 0 Å². The third kappa shape index (κ3) is 5.50. The van der Waals surface area contributed by atoms with Gasteiger partial charge in [-0.05, 0) is 42.4 Å². The van der Waals surface area contributed by atoms with Gasteiger partial charge < -0.3 is 15.1 Å². The van der Waals surface area contributed by atoms with Gasteiger partial charge in [0.05, 0.1) is 18.0 Å². The van der Waals surface area contributed by atoms with E-state index < -0.39 is 0 Å². The Morgan fingerprint density at radius 3 is 2.70 bits per heavy atom. The summed E-state index contributed by atoms with van der Waals surface area (Å²) in [7, 11) is 0. The van der Waals surface area contributed by atoms with E-state index in [9.17, 15) is 4.79 Å². The van der Waals surface area contributed by atoms with E-state index in [0.29, 0.717) is 11.9 Å². The molecule has 0 aromatic heterocycles. The number of rotatable bonds is 9. The number of amides is 1. The molecule has 3 unspecified atom stereocenters. The van der Waals surface area contributed by atoms with Crippen LogP contribution >= 0.6 is 0 Å². The molecule has 0 saturated carbocycles. The van der Waals surface area contributed by atoms with Crippen molar-refractivity contribution in [2.75, 3.05) is 26.2 Å². The average Bonchev–Trinajstić information content (AvgIpc) is 3.56. The van der Waals surface area contributed by atoms with E-state index in [0.717, 1.165) is 51.9 Å². The maximum absolute atomic E-state index is 13.1. The zero-order valence-electron chi connectivity index (χ0n) is 20.1. The van der Waals surface area contributed by atoms with Crippen molar-refractivity contribution in [2.45, 2.75) is 57.5 Å². The number of hydrogen-bond donors (Lipinski definition) is 1. The van der Waals surface area contributed by atoms with Crippen LogP contribution in [0.3, 0.4) is 0 Å². The lowest BCUT2D eigenvalue weighted by Crippen LogP contribution is -2.36. The molecule has 1 aromatic rings. The first-order valence-electron chi connectivity index (χ1n) is 12.7. The van der Waals surface area contributed by atoms with Crippen LogP contribution in [0.1, 0.15) is 56.2 Å². The predicted molar refractivity (Wildman–Crippen MR) is 137 cm³/mol. The van der Waals surface area contributed by atoms with Gasteiger partial charge in [0.15, 0.2) is 0 Å². The zero-order chi connectivity index (χ0) is 23.2. The Kier molecular flexibility index (Phi) is 7.87. The van der Waals surface area contributed by atoms with Crippen LogP contribution in [0, 0.1) is 5.92 Å². The molecule has 0 radical (unpaired) electrons. The molecular formula is C29H39N3O. The van der Waals surface area contributed by atoms with Crippen LogP contribution in [0.4, 0.5) is 0 Å². The lowest BCUT2D eigenvalue weighted by atomic mass is 9.88. The van der Waals surface area contributed by atoms with Crippen LogP contribution < -0.4 is 5.32 Å². The lowest BCUT2D eigenvalue weighted by Gasteiger charge is -2.28. The first-order chi connectivity index (χ1) is 16.1. The maximum atomic E-state index is 13.1. The predicted octanol–water partition coefficient (Wildman–Crippen LogP) is 5.17. The minimum atomic E-state index is -0.0306. The summed E-state index contributed by atoms with van der Waals surface area (Å²) in [5.41, 5.74) is 5.10. The molecule has 2 heterocycles. The summed E-state index contributed by atoms with van der Waals surface area (Å²) in [6, 6.07) is 9.38. The van der Waals surface area contributed by atoms with E-state index in [2.05, 4.69) is 77.7 Å². The number of carbonyl (C=O) groups is 1. The molecule has 1 N–H and O–H groups in total. The number of likely N-dealkylation sites (tertiary alicyclic amines) is 1. The summed E-state index contributed by atoms with van der Waals surface area (Å²) in [4.78, 5) is 17.7. The van der Waals surface area contributed by atoms with E-state index in [1.54, 1.807) is 0 Å². The van der Waals surface area contributed by atoms with Gasteiger partial charge in [-0.25, -0.2) is 0 Å². The number of benzene rings is 1. The summed E-state index contributed by atoms with van der Waals surface area (Å²) in [5.74, 6) is 0.271. The van der Waals surface area contributed by atoms with Gasteiger partial charge in [-0.2, -0.15) is 0 Å². The van der Waals surface area contributed by atoms with Crippen LogP contribution in [0.5, 0.6) is 0 Å². The molecule has 4 nitrogen and oxygen atoms in total. The largest absolute Gasteiger partial charge is 0.353 e. The third-order valence-electron chi connectivity index (χ3n) is 7.24. The van der Waals surface area contributed by atoms with Gasteiger partial charge in [0.2, 0.25) is 5.91 Å². The topological polar surface area (TPSA) is 35.4 Å². The Morgan fingerprint density at radius 1 is 1.24 bits per heavy atom. The van der Waals surface area contributed by atoms with E-state index in [4.69, 9.17) is 0 Å². The fourth-order valence-corrected chi connectivity index (χ4v) is 5.23. The van der Waals surface area contributed by atoms with E-state index in [1.165, 1.54) is 35.2 Å². The first kappa shape index (κ1) is 23.6. The van der Waals surface area contributed by atoms with Crippen LogP contribution in [0.2, 0.25) is 0 Å². The molecule has 33 heavy (non-hydrogen) atoms. The van der Waals surface area contributed by atoms with Gasteiger partial charge in [-0.15, -0.1) is 6.58 Å². The number of allylic oxidation sites excluding steroid dienone is 1. The van der Waals surface area contributed by atoms with Gasteiger partial charge in [0, 0.05) is 31.9 Å². The number of hydrogen-bond acceptors (Lipinski definition) is 3. The summed E-state index contributed by atoms with van der Waals surface area (Å²) < 4.78 is 0. The van der Waals surface area contributed by atoms with Crippen molar-refractivity contribution in [1.82, 2.24) is 15.1 Å². The van der Waals surface area contributed by atoms with Crippen molar-refractivity contribution in [3.05, 3.63) is 84.1 Å². The minimum Gasteiger partial charge on any atom is -0.353 e. The van der Waals surface area contributed by atoms with Crippen molar-refractivity contribution in [3.8, 4) is 0 Å². The number of aryl methyl sites for hydroxylation is 1. The Morgan fingerprint density at radius 2 is 2.03 bits per heavy atom. The van der Waals surface area contributed by atoms with Gasteiger partial charge in [-0.1, -0.05) is 74.9 Å². The van der Waals surface area contributed by atoms with E-state index in [-0.39, 0.29) is 12.0 Å². The summed E-state index contributed by atoms with van der Waals surface area (Å²) in [6.45, 7) is 13.9. The SMILES string of the molecule is C=CCNCC1C(=C)N1C(C1=CCC(C(=O)N2CCCCCC2)C=C1)c1cccc(CC)c1. The lowest BCUT2D eigenvalue weighted by molar-refractivity contribution is -0.133. The molecular weight excluding hydrogens is 406 g/mol. The second kappa shape index (κ2) is 11.0. The van der Waals surface area contributed by atoms with Crippen molar-refractivity contribution < 1.29 is 4.79 Å². The molecule has 1 amide bonds. The molecule has 3 aliphatic rings. The number of nitrogens with zero attached hydrogens (tertiary/aromatic N) is 2. The van der Waals surface area contributed by atoms with Crippen LogP contribution in [0.15, 0.2) is 73.0 Å². The summed E-state index contributed by atoms with van der Waals surface area (Å²) in [6.07, 6.45) is 15.1. The molecule has 0 bridgehead atoms. The fraction of sp³-hybridized carbons (Fsp3) is 0.483. The smallest absolute Gasteiger partial charge is 0.229 e. The number of carbonyl (C=O) groups excluding carboxylic acids is 1. The zero-order valence-corrected chi connectivity index (χ0v) is 20.1.